The first-order chi connectivity index (χ1) is 10.8. The van der Waals surface area contributed by atoms with Crippen molar-refractivity contribution in [3.63, 3.8) is 0 Å². The predicted molar refractivity (Wildman–Crippen MR) is 87.3 cm³/mol. The van der Waals surface area contributed by atoms with Gasteiger partial charge in [0, 0.05) is 17.9 Å². The van der Waals surface area contributed by atoms with Gasteiger partial charge < -0.3 is 0 Å². The number of Topliss-reactive ketones (excluding diaryl/α,β-unsaturated/α-hetero) is 1. The molecule has 0 unspecified atom stereocenters. The Morgan fingerprint density at radius 3 is 2.95 bits per heavy atom. The number of hydrazone groups is 1. The van der Waals surface area contributed by atoms with E-state index in [0.29, 0.717) is 12.1 Å². The van der Waals surface area contributed by atoms with E-state index < -0.39 is 0 Å². The van der Waals surface area contributed by atoms with Crippen LogP contribution in [0.1, 0.15) is 31.9 Å². The van der Waals surface area contributed by atoms with Gasteiger partial charge in [-0.3, -0.25) is 4.79 Å². The Morgan fingerprint density at radius 2 is 2.09 bits per heavy atom. The van der Waals surface area contributed by atoms with E-state index >= 15 is 0 Å². The summed E-state index contributed by atoms with van der Waals surface area (Å²) in [6.45, 7) is 2.33. The molecule has 0 N–H and O–H groups in total. The van der Waals surface area contributed by atoms with E-state index in [1.807, 2.05) is 36.4 Å². The van der Waals surface area contributed by atoms with E-state index in [1.165, 1.54) is 5.01 Å². The van der Waals surface area contributed by atoms with E-state index in [1.54, 1.807) is 0 Å². The Kier molecular flexibility index (Phi) is 4.15. The third kappa shape index (κ3) is 3.15. The molecular weight excluding hydrogens is 274 g/mol. The van der Waals surface area contributed by atoms with Crippen LogP contribution in [-0.2, 0) is 4.79 Å². The zero-order chi connectivity index (χ0) is 15.4. The third-order valence-electron chi connectivity index (χ3n) is 3.41. The molecule has 0 saturated heterocycles. The lowest BCUT2D eigenvalue weighted by Crippen LogP contribution is -2.30. The first-order valence-corrected chi connectivity index (χ1v) is 7.47. The van der Waals surface area contributed by atoms with Crippen molar-refractivity contribution in [1.82, 2.24) is 9.99 Å². The first-order valence-electron chi connectivity index (χ1n) is 7.47. The molecule has 0 aliphatic carbocycles. The number of unbranched alkanes of at least 4 members (excludes halogenated alkanes) is 1. The van der Waals surface area contributed by atoms with E-state index in [0.717, 1.165) is 29.4 Å². The average molecular weight is 291 g/mol. The molecule has 110 valence electrons. The molecule has 3 rings (SSSR count). The number of hydrogen-bond acceptors (Lipinski definition) is 4. The second-order valence-electron chi connectivity index (χ2n) is 5.25. The van der Waals surface area contributed by atoms with Crippen LogP contribution in [0.2, 0.25) is 0 Å². The molecule has 2 aromatic rings. The van der Waals surface area contributed by atoms with Crippen LogP contribution in [0, 0.1) is 12.0 Å². The van der Waals surface area contributed by atoms with Crippen molar-refractivity contribution >= 4 is 22.4 Å². The summed E-state index contributed by atoms with van der Waals surface area (Å²) in [4.78, 5) is 16.5. The van der Waals surface area contributed by atoms with E-state index in [-0.39, 0.29) is 12.3 Å². The summed E-state index contributed by atoms with van der Waals surface area (Å²) in [5, 5.41) is 7.09. The van der Waals surface area contributed by atoms with Gasteiger partial charge in [-0.15, -0.1) is 0 Å². The Hall–Kier alpha value is -2.67. The summed E-state index contributed by atoms with van der Waals surface area (Å²) in [5.41, 5.74) is 2.34. The van der Waals surface area contributed by atoms with Crippen LogP contribution in [0.5, 0.6) is 0 Å². The fraction of sp³-hybridized carbons (Fsp3) is 0.278. The molecule has 1 aliphatic rings. The number of aromatic nitrogens is 1. The van der Waals surface area contributed by atoms with Crippen molar-refractivity contribution in [3.05, 3.63) is 42.1 Å². The quantitative estimate of drug-likeness (QED) is 0.799. The predicted octanol–water partition coefficient (Wildman–Crippen LogP) is 2.97. The molecule has 0 radical (unpaired) electrons. The van der Waals surface area contributed by atoms with Crippen molar-refractivity contribution in [2.24, 2.45) is 5.10 Å². The highest BCUT2D eigenvalue weighted by Gasteiger charge is 2.20. The Morgan fingerprint density at radius 1 is 1.23 bits per heavy atom. The Bertz CT molecular complexity index is 799. The summed E-state index contributed by atoms with van der Waals surface area (Å²) in [7, 11) is 0. The van der Waals surface area contributed by atoms with E-state index in [2.05, 4.69) is 29.0 Å². The maximum atomic E-state index is 11.9. The van der Waals surface area contributed by atoms with Gasteiger partial charge in [-0.05, 0) is 18.6 Å². The minimum atomic E-state index is 0.116. The van der Waals surface area contributed by atoms with Crippen molar-refractivity contribution in [2.75, 3.05) is 6.54 Å². The van der Waals surface area contributed by atoms with E-state index in [9.17, 15) is 4.79 Å². The maximum Gasteiger partial charge on any atom is 0.161 e. The van der Waals surface area contributed by atoms with Crippen LogP contribution in [0.3, 0.4) is 0 Å². The Balaban J connectivity index is 1.93. The van der Waals surface area contributed by atoms with Crippen LogP contribution in [0.25, 0.3) is 10.9 Å². The molecule has 1 aromatic carbocycles. The molecule has 1 aliphatic heterocycles. The summed E-state index contributed by atoms with van der Waals surface area (Å²) in [6, 6.07) is 14.8. The van der Waals surface area contributed by atoms with Gasteiger partial charge in [0.1, 0.15) is 6.54 Å². The highest BCUT2D eigenvalue weighted by atomic mass is 16.1. The standard InChI is InChI=1S/C18H17N3O/c1-2-3-6-11-21-13-15(22)12-18(20-21)17-10-9-14-7-4-5-8-16(14)19-17/h4-5,7-10H,2-3,12-13H2,1H3. The number of para-hydroxylation sites is 1. The van der Waals surface area contributed by atoms with E-state index in [4.69, 9.17) is 0 Å². The maximum absolute atomic E-state index is 11.9. The number of rotatable bonds is 2. The van der Waals surface area contributed by atoms with Crippen molar-refractivity contribution < 1.29 is 4.79 Å². The largest absolute Gasteiger partial charge is 0.297 e. The molecule has 4 heteroatoms. The summed E-state index contributed by atoms with van der Waals surface area (Å²) >= 11 is 0. The number of benzene rings is 1. The van der Waals surface area contributed by atoms with Crippen LogP contribution in [0.15, 0.2) is 41.5 Å². The highest BCUT2D eigenvalue weighted by molar-refractivity contribution is 6.12. The topological polar surface area (TPSA) is 45.6 Å². The number of carbonyl (C=O) groups excluding carboxylic acids is 1. The number of pyridine rings is 1. The lowest BCUT2D eigenvalue weighted by atomic mass is 10.1. The monoisotopic (exact) mass is 291 g/mol. The van der Waals surface area contributed by atoms with Gasteiger partial charge in [-0.25, -0.2) is 9.99 Å². The van der Waals surface area contributed by atoms with Gasteiger partial charge in [0.15, 0.2) is 5.78 Å². The second-order valence-corrected chi connectivity index (χ2v) is 5.25. The molecule has 0 bridgehead atoms. The smallest absolute Gasteiger partial charge is 0.161 e. The average Bonchev–Trinajstić information content (AvgIpc) is 2.54. The van der Waals surface area contributed by atoms with Gasteiger partial charge in [-0.2, -0.15) is 5.10 Å². The van der Waals surface area contributed by atoms with Crippen LogP contribution in [-0.4, -0.2) is 28.0 Å². The van der Waals surface area contributed by atoms with Gasteiger partial charge in [-0.1, -0.05) is 37.1 Å². The first kappa shape index (κ1) is 14.3. The number of hydrogen-bond donors (Lipinski definition) is 0. The lowest BCUT2D eigenvalue weighted by molar-refractivity contribution is -0.118. The summed E-state index contributed by atoms with van der Waals surface area (Å²) < 4.78 is 0. The molecular formula is C18H17N3O. The highest BCUT2D eigenvalue weighted by Crippen LogP contribution is 2.15. The van der Waals surface area contributed by atoms with Crippen LogP contribution < -0.4 is 0 Å². The third-order valence-corrected chi connectivity index (χ3v) is 3.41. The summed E-state index contributed by atoms with van der Waals surface area (Å²) in [6.07, 6.45) is 2.12. The molecule has 0 saturated carbocycles. The Labute approximate surface area is 129 Å². The second kappa shape index (κ2) is 6.40. The molecule has 0 amide bonds. The van der Waals surface area contributed by atoms with Gasteiger partial charge in [0.25, 0.3) is 0 Å². The fourth-order valence-corrected chi connectivity index (χ4v) is 2.33. The molecule has 4 nitrogen and oxygen atoms in total. The number of nitrogens with zero attached hydrogens (tertiary/aromatic N) is 3. The fourth-order valence-electron chi connectivity index (χ4n) is 2.33. The zero-order valence-corrected chi connectivity index (χ0v) is 12.5. The number of carbonyl (C=O) groups is 1. The molecule has 2 heterocycles. The number of ketones is 1. The van der Waals surface area contributed by atoms with Crippen molar-refractivity contribution in [3.8, 4) is 12.0 Å². The van der Waals surface area contributed by atoms with Crippen LogP contribution >= 0.6 is 0 Å². The van der Waals surface area contributed by atoms with Gasteiger partial charge in [0.2, 0.25) is 0 Å². The summed E-state index contributed by atoms with van der Waals surface area (Å²) in [5.74, 6) is 3.14. The molecule has 1 aromatic heterocycles. The molecule has 0 spiro atoms. The molecule has 22 heavy (non-hydrogen) atoms. The minimum Gasteiger partial charge on any atom is -0.297 e. The van der Waals surface area contributed by atoms with Crippen LogP contribution in [0.4, 0.5) is 0 Å². The van der Waals surface area contributed by atoms with Gasteiger partial charge >= 0.3 is 0 Å². The zero-order valence-electron chi connectivity index (χ0n) is 12.5. The normalized spacial score (nSPS) is 14.5. The number of fused-ring (bicyclic) bond motifs is 1. The molecule has 0 fully saturated rings. The molecule has 0 atom stereocenters. The lowest BCUT2D eigenvalue weighted by Gasteiger charge is -2.18. The SMILES string of the molecule is CCCC#CN1CC(=O)CC(c2ccc3ccccc3n2)=N1. The van der Waals surface area contributed by atoms with Gasteiger partial charge in [0.05, 0.1) is 23.3 Å². The van der Waals surface area contributed by atoms with Crippen molar-refractivity contribution in [2.45, 2.75) is 26.2 Å². The minimum absolute atomic E-state index is 0.116. The van der Waals surface area contributed by atoms with Crippen molar-refractivity contribution in [1.29, 1.82) is 0 Å².